The third-order valence-corrected chi connectivity index (χ3v) is 4.27. The SMILES string of the molecule is CN=c1n(C)c(O)c(/C=C2\C=Nc3c(Br)cccc32)n1C. The van der Waals surface area contributed by atoms with E-state index in [1.807, 2.05) is 42.1 Å². The highest BCUT2D eigenvalue weighted by molar-refractivity contribution is 9.10. The molecule has 0 unspecified atom stereocenters. The predicted octanol–water partition coefficient (Wildman–Crippen LogP) is 2.62. The van der Waals surface area contributed by atoms with E-state index >= 15 is 0 Å². The summed E-state index contributed by atoms with van der Waals surface area (Å²) in [6.45, 7) is 0. The maximum atomic E-state index is 10.3. The highest BCUT2D eigenvalue weighted by Crippen LogP contribution is 2.38. The van der Waals surface area contributed by atoms with Crippen LogP contribution in [0.2, 0.25) is 0 Å². The van der Waals surface area contributed by atoms with Gasteiger partial charge in [-0.1, -0.05) is 12.1 Å². The Bertz CT molecular complexity index is 855. The number of rotatable bonds is 1. The van der Waals surface area contributed by atoms with Crippen LogP contribution in [0.4, 0.5) is 5.69 Å². The van der Waals surface area contributed by atoms with Crippen molar-refractivity contribution in [3.05, 3.63) is 39.5 Å². The van der Waals surface area contributed by atoms with Gasteiger partial charge in [0.05, 0.1) is 5.69 Å². The van der Waals surface area contributed by atoms with Crippen molar-refractivity contribution < 1.29 is 5.11 Å². The number of hydrogen-bond donors (Lipinski definition) is 1. The van der Waals surface area contributed by atoms with E-state index in [0.717, 1.165) is 21.3 Å². The Balaban J connectivity index is 2.20. The van der Waals surface area contributed by atoms with Crippen molar-refractivity contribution in [2.24, 2.45) is 24.1 Å². The molecule has 3 rings (SSSR count). The molecule has 1 aromatic carbocycles. The number of hydrogen-bond acceptors (Lipinski definition) is 3. The number of halogens is 1. The Morgan fingerprint density at radius 1 is 1.29 bits per heavy atom. The fraction of sp³-hybridized carbons (Fsp3) is 0.200. The van der Waals surface area contributed by atoms with E-state index in [2.05, 4.69) is 25.9 Å². The van der Waals surface area contributed by atoms with E-state index in [-0.39, 0.29) is 5.88 Å². The third-order valence-electron chi connectivity index (χ3n) is 3.63. The quantitative estimate of drug-likeness (QED) is 0.847. The summed E-state index contributed by atoms with van der Waals surface area (Å²) >= 11 is 3.50. The van der Waals surface area contributed by atoms with Crippen molar-refractivity contribution in [3.63, 3.8) is 0 Å². The maximum absolute atomic E-state index is 10.3. The molecular weight excluding hydrogens is 332 g/mol. The number of aromatic nitrogens is 2. The molecule has 0 saturated carbocycles. The molecular formula is C15H15BrN4O. The van der Waals surface area contributed by atoms with Gasteiger partial charge in [0.1, 0.15) is 5.69 Å². The van der Waals surface area contributed by atoms with Crippen LogP contribution in [0, 0.1) is 0 Å². The molecule has 0 bridgehead atoms. The first kappa shape index (κ1) is 13.9. The van der Waals surface area contributed by atoms with E-state index < -0.39 is 0 Å². The monoisotopic (exact) mass is 346 g/mol. The number of allylic oxidation sites excluding steroid dienone is 1. The Labute approximate surface area is 130 Å². The van der Waals surface area contributed by atoms with Gasteiger partial charge in [0.2, 0.25) is 11.5 Å². The van der Waals surface area contributed by atoms with Crippen molar-refractivity contribution in [1.82, 2.24) is 9.13 Å². The zero-order valence-corrected chi connectivity index (χ0v) is 13.6. The summed E-state index contributed by atoms with van der Waals surface area (Å²) in [5.74, 6) is 0.183. The van der Waals surface area contributed by atoms with Crippen molar-refractivity contribution in [3.8, 4) is 5.88 Å². The Hall–Kier alpha value is -2.08. The number of aliphatic imine (C=N–C) groups is 1. The van der Waals surface area contributed by atoms with E-state index in [1.54, 1.807) is 18.7 Å². The largest absolute Gasteiger partial charge is 0.493 e. The molecule has 1 aliphatic rings. The second kappa shape index (κ2) is 5.04. The molecule has 5 nitrogen and oxygen atoms in total. The fourth-order valence-corrected chi connectivity index (χ4v) is 3.02. The molecule has 0 fully saturated rings. The minimum Gasteiger partial charge on any atom is -0.493 e. The van der Waals surface area contributed by atoms with Crippen LogP contribution in [0.1, 0.15) is 11.3 Å². The summed E-state index contributed by atoms with van der Waals surface area (Å²) in [4.78, 5) is 8.60. The normalized spacial score (nSPS) is 16.0. The maximum Gasteiger partial charge on any atom is 0.218 e. The lowest BCUT2D eigenvalue weighted by atomic mass is 10.1. The second-order valence-corrected chi connectivity index (χ2v) is 5.70. The lowest BCUT2D eigenvalue weighted by Gasteiger charge is -2.02. The van der Waals surface area contributed by atoms with Crippen LogP contribution in [0.15, 0.2) is 32.7 Å². The van der Waals surface area contributed by atoms with Gasteiger partial charge in [-0.15, -0.1) is 0 Å². The highest BCUT2D eigenvalue weighted by atomic mass is 79.9. The third kappa shape index (κ3) is 2.06. The number of fused-ring (bicyclic) bond motifs is 1. The van der Waals surface area contributed by atoms with Gasteiger partial charge in [-0.2, -0.15) is 0 Å². The lowest BCUT2D eigenvalue weighted by molar-refractivity contribution is 0.427. The molecule has 2 heterocycles. The van der Waals surface area contributed by atoms with Crippen LogP contribution in [-0.4, -0.2) is 27.5 Å². The molecule has 21 heavy (non-hydrogen) atoms. The van der Waals surface area contributed by atoms with E-state index in [0.29, 0.717) is 11.3 Å². The van der Waals surface area contributed by atoms with Crippen molar-refractivity contribution >= 4 is 39.5 Å². The van der Waals surface area contributed by atoms with Crippen molar-refractivity contribution in [1.29, 1.82) is 0 Å². The molecule has 1 aliphatic heterocycles. The average Bonchev–Trinajstić information content (AvgIpc) is 2.96. The topological polar surface area (TPSA) is 54.8 Å². The Morgan fingerprint density at radius 2 is 2.05 bits per heavy atom. The minimum absolute atomic E-state index is 0.183. The summed E-state index contributed by atoms with van der Waals surface area (Å²) in [6.07, 6.45) is 3.73. The van der Waals surface area contributed by atoms with E-state index in [9.17, 15) is 5.11 Å². The number of imidazole rings is 1. The summed E-state index contributed by atoms with van der Waals surface area (Å²) in [7, 11) is 5.37. The smallest absolute Gasteiger partial charge is 0.218 e. The number of benzene rings is 1. The summed E-state index contributed by atoms with van der Waals surface area (Å²) in [5.41, 5.74) is 4.33. The lowest BCUT2D eigenvalue weighted by Crippen LogP contribution is -2.22. The minimum atomic E-state index is 0.183. The van der Waals surface area contributed by atoms with Crippen LogP contribution in [0.3, 0.4) is 0 Å². The van der Waals surface area contributed by atoms with Crippen LogP contribution >= 0.6 is 15.9 Å². The molecule has 108 valence electrons. The van der Waals surface area contributed by atoms with Crippen molar-refractivity contribution in [2.45, 2.75) is 0 Å². The van der Waals surface area contributed by atoms with Gasteiger partial charge < -0.3 is 9.67 Å². The molecule has 0 radical (unpaired) electrons. The Kier molecular flexibility index (Phi) is 3.33. The number of nitrogens with zero attached hydrogens (tertiary/aromatic N) is 4. The molecule has 0 spiro atoms. The molecule has 0 atom stereocenters. The average molecular weight is 347 g/mol. The molecule has 0 saturated heterocycles. The van der Waals surface area contributed by atoms with Crippen molar-refractivity contribution in [2.75, 3.05) is 7.05 Å². The molecule has 6 heteroatoms. The first-order valence-electron chi connectivity index (χ1n) is 6.46. The van der Waals surface area contributed by atoms with Gasteiger partial charge in [0.15, 0.2) is 0 Å². The molecule has 1 aromatic heterocycles. The van der Waals surface area contributed by atoms with Gasteiger partial charge >= 0.3 is 0 Å². The molecule has 1 N–H and O–H groups in total. The summed E-state index contributed by atoms with van der Waals surface area (Å²) in [6, 6.07) is 5.96. The number of para-hydroxylation sites is 1. The highest BCUT2D eigenvalue weighted by Gasteiger charge is 2.17. The van der Waals surface area contributed by atoms with Crippen LogP contribution in [0.25, 0.3) is 11.6 Å². The van der Waals surface area contributed by atoms with Crippen LogP contribution in [-0.2, 0) is 14.1 Å². The summed E-state index contributed by atoms with van der Waals surface area (Å²) < 4.78 is 4.47. The first-order valence-corrected chi connectivity index (χ1v) is 7.26. The van der Waals surface area contributed by atoms with Gasteiger partial charge in [0, 0.05) is 43.0 Å². The standard InChI is InChI=1S/C15H15BrN4O/c1-17-15-19(2)12(14(21)20(15)3)7-9-8-18-13-10(9)5-4-6-11(13)16/h4-8,21H,1-3H3/b9-7+,17-15?. The predicted molar refractivity (Wildman–Crippen MR) is 87.7 cm³/mol. The van der Waals surface area contributed by atoms with Gasteiger partial charge in [-0.05, 0) is 28.1 Å². The fourth-order valence-electron chi connectivity index (χ4n) is 2.56. The zero-order valence-electron chi connectivity index (χ0n) is 12.0. The van der Waals surface area contributed by atoms with Gasteiger partial charge in [-0.25, -0.2) is 0 Å². The molecule has 0 amide bonds. The van der Waals surface area contributed by atoms with Gasteiger partial charge in [-0.3, -0.25) is 14.6 Å². The van der Waals surface area contributed by atoms with Crippen LogP contribution < -0.4 is 5.62 Å². The first-order chi connectivity index (χ1) is 10.0. The summed E-state index contributed by atoms with van der Waals surface area (Å²) in [5, 5.41) is 10.3. The second-order valence-electron chi connectivity index (χ2n) is 4.84. The van der Waals surface area contributed by atoms with Crippen LogP contribution in [0.5, 0.6) is 5.88 Å². The number of aromatic hydroxyl groups is 1. The molecule has 0 aliphatic carbocycles. The zero-order chi connectivity index (χ0) is 15.1. The van der Waals surface area contributed by atoms with E-state index in [4.69, 9.17) is 0 Å². The van der Waals surface area contributed by atoms with E-state index in [1.165, 1.54) is 0 Å². The Morgan fingerprint density at radius 3 is 2.71 bits per heavy atom. The van der Waals surface area contributed by atoms with Gasteiger partial charge in [0.25, 0.3) is 0 Å². The molecule has 2 aromatic rings.